The van der Waals surface area contributed by atoms with Gasteiger partial charge in [0.15, 0.2) is 0 Å². The van der Waals surface area contributed by atoms with E-state index < -0.39 is 0 Å². The lowest BCUT2D eigenvalue weighted by atomic mass is 9.95. The molecule has 0 bridgehead atoms. The molecule has 0 aromatic carbocycles. The molecule has 2 heteroatoms. The van der Waals surface area contributed by atoms with Crippen molar-refractivity contribution >= 4 is 0 Å². The molecule has 2 atom stereocenters. The van der Waals surface area contributed by atoms with Gasteiger partial charge in [-0.3, -0.25) is 0 Å². The van der Waals surface area contributed by atoms with Gasteiger partial charge < -0.3 is 10.2 Å². The average Bonchev–Trinajstić information content (AvgIpc) is 1.88. The molecule has 1 aliphatic rings. The maximum atomic E-state index is 3.35. The minimum absolute atomic E-state index is 0. The summed E-state index contributed by atoms with van der Waals surface area (Å²) in [5.74, 6) is 0.809. The molecule has 1 fully saturated rings. The van der Waals surface area contributed by atoms with Crippen LogP contribution in [0.2, 0.25) is 0 Å². The van der Waals surface area contributed by atoms with Crippen molar-refractivity contribution < 1.29 is 1.43 Å². The minimum atomic E-state index is 0. The first-order valence-corrected chi connectivity index (χ1v) is 4.10. The first-order valence-electron chi connectivity index (χ1n) is 4.10. The Morgan fingerprint density at radius 3 is 2.80 bits per heavy atom. The van der Waals surface area contributed by atoms with Crippen LogP contribution in [0, 0.1) is 5.92 Å². The third-order valence-corrected chi connectivity index (χ3v) is 2.48. The van der Waals surface area contributed by atoms with Crippen LogP contribution in [0.5, 0.6) is 0 Å². The molecule has 1 heterocycles. The second kappa shape index (κ2) is 3.35. The molecule has 0 aromatic heterocycles. The summed E-state index contributed by atoms with van der Waals surface area (Å²) in [7, 11) is 4.26. The Morgan fingerprint density at radius 1 is 1.60 bits per heavy atom. The van der Waals surface area contributed by atoms with Gasteiger partial charge in [-0.15, -0.1) is 0 Å². The first kappa shape index (κ1) is 8.02. The van der Waals surface area contributed by atoms with E-state index in [0.29, 0.717) is 0 Å². The zero-order valence-corrected chi connectivity index (χ0v) is 7.22. The highest BCUT2D eigenvalue weighted by Crippen LogP contribution is 2.14. The molecule has 0 amide bonds. The average molecular weight is 144 g/mol. The highest BCUT2D eigenvalue weighted by atomic mass is 15.1. The van der Waals surface area contributed by atoms with Gasteiger partial charge >= 0.3 is 0 Å². The molecule has 0 aromatic rings. The van der Waals surface area contributed by atoms with Gasteiger partial charge in [0.1, 0.15) is 0 Å². The Hall–Kier alpha value is -0.0800. The Bertz CT molecular complexity index is 108. The standard InChI is InChI=1S/C8H18N2.H2/c1-7-6-10(3)5-4-8(7)9-2;/h7-9H,4-6H2,1-3H3;1H. The highest BCUT2D eigenvalue weighted by Gasteiger charge is 2.21. The highest BCUT2D eigenvalue weighted by molar-refractivity contribution is 4.79. The topological polar surface area (TPSA) is 15.3 Å². The van der Waals surface area contributed by atoms with Crippen molar-refractivity contribution in [2.75, 3.05) is 27.2 Å². The molecular formula is C8H20N2. The van der Waals surface area contributed by atoms with Crippen LogP contribution in [-0.4, -0.2) is 38.1 Å². The Labute approximate surface area is 65.1 Å². The van der Waals surface area contributed by atoms with Gasteiger partial charge in [0.2, 0.25) is 0 Å². The van der Waals surface area contributed by atoms with E-state index >= 15 is 0 Å². The van der Waals surface area contributed by atoms with Gasteiger partial charge in [0.25, 0.3) is 0 Å². The number of likely N-dealkylation sites (tertiary alicyclic amines) is 1. The van der Waals surface area contributed by atoms with Crippen LogP contribution in [0.15, 0.2) is 0 Å². The number of nitrogens with one attached hydrogen (secondary N) is 1. The fourth-order valence-electron chi connectivity index (χ4n) is 1.78. The van der Waals surface area contributed by atoms with Crippen molar-refractivity contribution in [3.8, 4) is 0 Å². The smallest absolute Gasteiger partial charge is 0.0114 e. The van der Waals surface area contributed by atoms with Crippen LogP contribution in [0.25, 0.3) is 0 Å². The predicted molar refractivity (Wildman–Crippen MR) is 46.2 cm³/mol. The lowest BCUT2D eigenvalue weighted by Gasteiger charge is -2.34. The van der Waals surface area contributed by atoms with Crippen molar-refractivity contribution in [1.29, 1.82) is 0 Å². The SMILES string of the molecule is CNC1CCN(C)CC1C.[HH]. The minimum Gasteiger partial charge on any atom is -0.317 e. The maximum absolute atomic E-state index is 3.35. The second-order valence-electron chi connectivity index (χ2n) is 3.42. The lowest BCUT2D eigenvalue weighted by molar-refractivity contribution is 0.180. The Kier molecular flexibility index (Phi) is 2.69. The van der Waals surface area contributed by atoms with E-state index in [4.69, 9.17) is 0 Å². The van der Waals surface area contributed by atoms with Gasteiger partial charge in [0, 0.05) is 14.0 Å². The largest absolute Gasteiger partial charge is 0.317 e. The molecule has 2 unspecified atom stereocenters. The summed E-state index contributed by atoms with van der Waals surface area (Å²) < 4.78 is 0. The summed E-state index contributed by atoms with van der Waals surface area (Å²) in [5.41, 5.74) is 0. The number of hydrogen-bond donors (Lipinski definition) is 1. The Balaban J connectivity index is 0.000001000. The normalized spacial score (nSPS) is 36.3. The van der Waals surface area contributed by atoms with E-state index in [1.165, 1.54) is 19.5 Å². The molecule has 10 heavy (non-hydrogen) atoms. The predicted octanol–water partition coefficient (Wildman–Crippen LogP) is 0.792. The molecular weight excluding hydrogens is 124 g/mol. The molecule has 1 rings (SSSR count). The summed E-state index contributed by atoms with van der Waals surface area (Å²) in [6.07, 6.45) is 1.30. The van der Waals surface area contributed by atoms with Crippen LogP contribution >= 0.6 is 0 Å². The molecule has 0 spiro atoms. The van der Waals surface area contributed by atoms with Gasteiger partial charge in [0.05, 0.1) is 0 Å². The van der Waals surface area contributed by atoms with Crippen molar-refractivity contribution in [1.82, 2.24) is 10.2 Å². The quantitative estimate of drug-likeness (QED) is 0.585. The third-order valence-electron chi connectivity index (χ3n) is 2.48. The van der Waals surface area contributed by atoms with Crippen molar-refractivity contribution in [3.05, 3.63) is 0 Å². The van der Waals surface area contributed by atoms with Crippen molar-refractivity contribution in [2.24, 2.45) is 5.92 Å². The molecule has 1 saturated heterocycles. The molecule has 0 saturated carbocycles. The fourth-order valence-corrected chi connectivity index (χ4v) is 1.78. The monoisotopic (exact) mass is 144 g/mol. The maximum Gasteiger partial charge on any atom is 0.0114 e. The summed E-state index contributed by atoms with van der Waals surface area (Å²) in [6.45, 7) is 4.80. The van der Waals surface area contributed by atoms with Gasteiger partial charge in [-0.25, -0.2) is 0 Å². The van der Waals surface area contributed by atoms with E-state index in [1.54, 1.807) is 0 Å². The molecule has 1 N–H and O–H groups in total. The molecule has 0 aliphatic carbocycles. The van der Waals surface area contributed by atoms with Gasteiger partial charge in [-0.2, -0.15) is 0 Å². The fraction of sp³-hybridized carbons (Fsp3) is 1.00. The summed E-state index contributed by atoms with van der Waals surface area (Å²) in [6, 6.07) is 0.746. The van der Waals surface area contributed by atoms with Crippen LogP contribution < -0.4 is 5.32 Å². The second-order valence-corrected chi connectivity index (χ2v) is 3.42. The number of nitrogens with zero attached hydrogens (tertiary/aromatic N) is 1. The lowest BCUT2D eigenvalue weighted by Crippen LogP contribution is -2.45. The third kappa shape index (κ3) is 1.70. The van der Waals surface area contributed by atoms with Crippen LogP contribution in [0.4, 0.5) is 0 Å². The Morgan fingerprint density at radius 2 is 2.30 bits per heavy atom. The van der Waals surface area contributed by atoms with Crippen molar-refractivity contribution in [3.63, 3.8) is 0 Å². The zero-order chi connectivity index (χ0) is 7.56. The van der Waals surface area contributed by atoms with Crippen LogP contribution in [-0.2, 0) is 0 Å². The molecule has 62 valence electrons. The van der Waals surface area contributed by atoms with E-state index in [-0.39, 0.29) is 1.43 Å². The van der Waals surface area contributed by atoms with E-state index in [2.05, 4.69) is 31.2 Å². The molecule has 0 radical (unpaired) electrons. The number of hydrogen-bond acceptors (Lipinski definition) is 2. The number of rotatable bonds is 1. The molecule has 1 aliphatic heterocycles. The van der Waals surface area contributed by atoms with E-state index in [0.717, 1.165) is 12.0 Å². The zero-order valence-electron chi connectivity index (χ0n) is 7.22. The summed E-state index contributed by atoms with van der Waals surface area (Å²) >= 11 is 0. The first-order chi connectivity index (χ1) is 4.74. The summed E-state index contributed by atoms with van der Waals surface area (Å²) in [5, 5.41) is 3.35. The van der Waals surface area contributed by atoms with Crippen LogP contribution in [0.1, 0.15) is 14.8 Å². The van der Waals surface area contributed by atoms with Crippen LogP contribution in [0.3, 0.4) is 0 Å². The van der Waals surface area contributed by atoms with E-state index in [9.17, 15) is 0 Å². The van der Waals surface area contributed by atoms with E-state index in [1.807, 2.05) is 0 Å². The molecule has 2 nitrogen and oxygen atoms in total. The summed E-state index contributed by atoms with van der Waals surface area (Å²) in [4.78, 5) is 2.40. The number of piperidine rings is 1. The van der Waals surface area contributed by atoms with Gasteiger partial charge in [-0.05, 0) is 33.0 Å². The van der Waals surface area contributed by atoms with Crippen molar-refractivity contribution in [2.45, 2.75) is 19.4 Å². The van der Waals surface area contributed by atoms with Gasteiger partial charge in [-0.1, -0.05) is 6.92 Å².